The third-order valence-corrected chi connectivity index (χ3v) is 7.85. The topological polar surface area (TPSA) is 69.3 Å². The first-order valence-electron chi connectivity index (χ1n) is 13.4. The van der Waals surface area contributed by atoms with Crippen molar-refractivity contribution in [3.8, 4) is 39.2 Å². The minimum atomic E-state index is -0.474. The van der Waals surface area contributed by atoms with Crippen LogP contribution in [0, 0.1) is 0 Å². The molecular formula is C31H34N2O5S. The van der Waals surface area contributed by atoms with Crippen LogP contribution in [0.25, 0.3) is 20.5 Å². The molecule has 3 aromatic carbocycles. The van der Waals surface area contributed by atoms with Gasteiger partial charge in [-0.2, -0.15) is 0 Å². The summed E-state index contributed by atoms with van der Waals surface area (Å²) in [6.45, 7) is 6.32. The Morgan fingerprint density at radius 2 is 1.59 bits per heavy atom. The molecule has 1 saturated heterocycles. The smallest absolute Gasteiger partial charge is 0.412 e. The quantitative estimate of drug-likeness (QED) is 0.224. The van der Waals surface area contributed by atoms with Gasteiger partial charge >= 0.3 is 6.09 Å². The summed E-state index contributed by atoms with van der Waals surface area (Å²) in [5.74, 6) is 3.57. The van der Waals surface area contributed by atoms with Crippen molar-refractivity contribution in [2.45, 2.75) is 26.2 Å². The number of rotatable bonds is 10. The molecule has 5 rings (SSSR count). The zero-order chi connectivity index (χ0) is 27.0. The Balaban J connectivity index is 1.36. The van der Waals surface area contributed by atoms with Crippen LogP contribution < -0.4 is 24.3 Å². The number of hydrogen-bond donors (Lipinski definition) is 1. The maximum atomic E-state index is 11.9. The third kappa shape index (κ3) is 6.82. The fourth-order valence-electron chi connectivity index (χ4n) is 4.64. The van der Waals surface area contributed by atoms with Crippen LogP contribution >= 0.6 is 11.3 Å². The zero-order valence-electron chi connectivity index (χ0n) is 22.4. The van der Waals surface area contributed by atoms with Gasteiger partial charge in [-0.15, -0.1) is 11.3 Å². The molecule has 0 aliphatic carbocycles. The predicted molar refractivity (Wildman–Crippen MR) is 156 cm³/mol. The lowest BCUT2D eigenvalue weighted by molar-refractivity contribution is 0.183. The Kier molecular flexibility index (Phi) is 8.85. The van der Waals surface area contributed by atoms with Crippen molar-refractivity contribution in [1.82, 2.24) is 10.2 Å². The summed E-state index contributed by atoms with van der Waals surface area (Å²) >= 11 is 1.59. The molecule has 1 amide bonds. The van der Waals surface area contributed by atoms with Gasteiger partial charge in [0.05, 0.1) is 12.0 Å². The first kappa shape index (κ1) is 26.8. The minimum Gasteiger partial charge on any atom is -0.497 e. The molecular weight excluding hydrogens is 512 g/mol. The summed E-state index contributed by atoms with van der Waals surface area (Å²) < 4.78 is 24.2. The van der Waals surface area contributed by atoms with E-state index in [0.717, 1.165) is 50.1 Å². The van der Waals surface area contributed by atoms with Gasteiger partial charge in [0, 0.05) is 23.2 Å². The highest BCUT2D eigenvalue weighted by Gasteiger charge is 2.18. The predicted octanol–water partition coefficient (Wildman–Crippen LogP) is 7.34. The molecule has 1 fully saturated rings. The van der Waals surface area contributed by atoms with E-state index in [1.807, 2.05) is 67.6 Å². The summed E-state index contributed by atoms with van der Waals surface area (Å²) in [5, 5.41) is 3.60. The molecule has 0 saturated carbocycles. The van der Waals surface area contributed by atoms with Gasteiger partial charge in [0.1, 0.15) is 29.6 Å². The van der Waals surface area contributed by atoms with E-state index in [2.05, 4.69) is 10.2 Å². The normalized spacial score (nSPS) is 13.7. The van der Waals surface area contributed by atoms with Crippen molar-refractivity contribution in [3.63, 3.8) is 0 Å². The van der Waals surface area contributed by atoms with Gasteiger partial charge in [0.2, 0.25) is 0 Å². The maximum absolute atomic E-state index is 11.9. The van der Waals surface area contributed by atoms with Crippen molar-refractivity contribution in [2.24, 2.45) is 0 Å². The van der Waals surface area contributed by atoms with Crippen LogP contribution in [-0.4, -0.2) is 50.9 Å². The van der Waals surface area contributed by atoms with Crippen molar-refractivity contribution in [3.05, 3.63) is 66.7 Å². The third-order valence-electron chi connectivity index (χ3n) is 6.67. The van der Waals surface area contributed by atoms with Crippen LogP contribution in [0.5, 0.6) is 28.7 Å². The van der Waals surface area contributed by atoms with Crippen LogP contribution in [-0.2, 0) is 0 Å². The molecule has 0 radical (unpaired) electrons. The highest BCUT2D eigenvalue weighted by atomic mass is 32.1. The fraction of sp³-hybridized carbons (Fsp3) is 0.323. The number of thiophene rings is 1. The molecule has 0 unspecified atom stereocenters. The Bertz CT molecular complexity index is 1380. The van der Waals surface area contributed by atoms with Gasteiger partial charge in [-0.1, -0.05) is 6.42 Å². The van der Waals surface area contributed by atoms with E-state index in [4.69, 9.17) is 18.9 Å². The van der Waals surface area contributed by atoms with E-state index in [0.29, 0.717) is 18.9 Å². The molecule has 0 atom stereocenters. The Labute approximate surface area is 233 Å². The SMILES string of the molecule is CCNC(=O)Oc1ccc2c(Oc3ccc(OCCN4CCCCC4)cc3)c(-c3ccc(OC)cc3)sc2c1. The fourth-order valence-corrected chi connectivity index (χ4v) is 5.80. The number of ether oxygens (including phenoxy) is 4. The summed E-state index contributed by atoms with van der Waals surface area (Å²) in [4.78, 5) is 15.4. The summed E-state index contributed by atoms with van der Waals surface area (Å²) in [7, 11) is 1.65. The van der Waals surface area contributed by atoms with Gasteiger partial charge in [0.25, 0.3) is 0 Å². The van der Waals surface area contributed by atoms with Crippen LogP contribution in [0.2, 0.25) is 0 Å². The van der Waals surface area contributed by atoms with E-state index >= 15 is 0 Å². The monoisotopic (exact) mass is 546 g/mol. The van der Waals surface area contributed by atoms with E-state index in [1.54, 1.807) is 24.5 Å². The second-order valence-electron chi connectivity index (χ2n) is 9.39. The number of carbonyl (C=O) groups is 1. The van der Waals surface area contributed by atoms with Gasteiger partial charge in [-0.3, -0.25) is 4.90 Å². The molecule has 1 aromatic heterocycles. The lowest BCUT2D eigenvalue weighted by Crippen LogP contribution is -2.33. The lowest BCUT2D eigenvalue weighted by atomic mass is 10.1. The molecule has 1 N–H and O–H groups in total. The Hall–Kier alpha value is -3.75. The van der Waals surface area contributed by atoms with Gasteiger partial charge in [-0.05, 0) is 105 Å². The standard InChI is InChI=1S/C31H34N2O5S/c1-3-32-31(34)38-26-15-16-27-28(21-26)39-30(22-7-9-23(35-2)10-8-22)29(27)37-25-13-11-24(12-14-25)36-20-19-33-17-5-4-6-18-33/h7-16,21H,3-6,17-20H2,1-2H3,(H,32,34). The lowest BCUT2D eigenvalue weighted by Gasteiger charge is -2.26. The second-order valence-corrected chi connectivity index (χ2v) is 10.4. The molecule has 0 bridgehead atoms. The Morgan fingerprint density at radius 1 is 0.897 bits per heavy atom. The van der Waals surface area contributed by atoms with Crippen LogP contribution in [0.1, 0.15) is 26.2 Å². The first-order chi connectivity index (χ1) is 19.1. The molecule has 4 aromatic rings. The average molecular weight is 547 g/mol. The van der Waals surface area contributed by atoms with Crippen molar-refractivity contribution in [1.29, 1.82) is 0 Å². The summed E-state index contributed by atoms with van der Waals surface area (Å²) in [6.07, 6.45) is 3.43. The zero-order valence-corrected chi connectivity index (χ0v) is 23.2. The minimum absolute atomic E-state index is 0.474. The Morgan fingerprint density at radius 3 is 2.31 bits per heavy atom. The van der Waals surface area contributed by atoms with E-state index in [-0.39, 0.29) is 0 Å². The second kappa shape index (κ2) is 12.9. The highest BCUT2D eigenvalue weighted by Crippen LogP contribution is 2.47. The number of carbonyl (C=O) groups excluding carboxylic acids is 1. The van der Waals surface area contributed by atoms with Gasteiger partial charge < -0.3 is 24.3 Å². The van der Waals surface area contributed by atoms with Crippen LogP contribution in [0.15, 0.2) is 66.7 Å². The molecule has 39 heavy (non-hydrogen) atoms. The van der Waals surface area contributed by atoms with Crippen LogP contribution in [0.4, 0.5) is 4.79 Å². The number of likely N-dealkylation sites (tertiary alicyclic amines) is 1. The average Bonchev–Trinajstić information content (AvgIpc) is 3.32. The molecule has 8 heteroatoms. The maximum Gasteiger partial charge on any atom is 0.412 e. The van der Waals surface area contributed by atoms with Crippen molar-refractivity contribution < 1.29 is 23.7 Å². The molecule has 2 heterocycles. The molecule has 0 spiro atoms. The number of nitrogens with one attached hydrogen (secondary N) is 1. The number of piperidine rings is 1. The number of methoxy groups -OCH3 is 1. The number of amides is 1. The molecule has 204 valence electrons. The van der Waals surface area contributed by atoms with E-state index < -0.39 is 6.09 Å². The summed E-state index contributed by atoms with van der Waals surface area (Å²) in [6, 6.07) is 21.3. The summed E-state index contributed by atoms with van der Waals surface area (Å²) in [5.41, 5.74) is 1.01. The largest absolute Gasteiger partial charge is 0.497 e. The van der Waals surface area contributed by atoms with E-state index in [1.165, 1.54) is 32.4 Å². The van der Waals surface area contributed by atoms with Crippen molar-refractivity contribution >= 4 is 27.5 Å². The number of fused-ring (bicyclic) bond motifs is 1. The molecule has 7 nitrogen and oxygen atoms in total. The highest BCUT2D eigenvalue weighted by molar-refractivity contribution is 7.22. The van der Waals surface area contributed by atoms with Gasteiger partial charge in [-0.25, -0.2) is 4.79 Å². The van der Waals surface area contributed by atoms with E-state index in [9.17, 15) is 4.79 Å². The van der Waals surface area contributed by atoms with Crippen LogP contribution in [0.3, 0.4) is 0 Å². The first-order valence-corrected chi connectivity index (χ1v) is 14.2. The van der Waals surface area contributed by atoms with Crippen molar-refractivity contribution in [2.75, 3.05) is 39.9 Å². The molecule has 1 aliphatic rings. The number of benzene rings is 3. The number of nitrogens with zero attached hydrogens (tertiary/aromatic N) is 1. The molecule has 1 aliphatic heterocycles. The van der Waals surface area contributed by atoms with Gasteiger partial charge in [0.15, 0.2) is 5.75 Å². The number of hydrogen-bond acceptors (Lipinski definition) is 7.